The summed E-state index contributed by atoms with van der Waals surface area (Å²) >= 11 is 0. The van der Waals surface area contributed by atoms with Crippen LogP contribution in [-0.4, -0.2) is 31.8 Å². The van der Waals surface area contributed by atoms with E-state index < -0.39 is 0 Å². The molecule has 12 heavy (non-hydrogen) atoms. The zero-order chi connectivity index (χ0) is 9.61. The molecule has 0 aromatic heterocycles. The summed E-state index contributed by atoms with van der Waals surface area (Å²) in [5.41, 5.74) is 5.43. The molecule has 0 heterocycles. The van der Waals surface area contributed by atoms with Crippen molar-refractivity contribution in [2.75, 3.05) is 20.2 Å². The van der Waals surface area contributed by atoms with E-state index >= 15 is 0 Å². The van der Waals surface area contributed by atoms with Crippen LogP contribution in [0.5, 0.6) is 0 Å². The molecule has 3 heteroatoms. The maximum absolute atomic E-state index is 5.48. The van der Waals surface area contributed by atoms with Crippen LogP contribution in [-0.2, 0) is 4.74 Å². The molecule has 0 aliphatic carbocycles. The monoisotopic (exact) mass is 174 g/mol. The van der Waals surface area contributed by atoms with E-state index in [4.69, 9.17) is 10.5 Å². The molecule has 2 atom stereocenters. The Morgan fingerprint density at radius 1 is 1.58 bits per heavy atom. The summed E-state index contributed by atoms with van der Waals surface area (Å²) in [5.74, 6) is 0. The first kappa shape index (κ1) is 11.9. The number of rotatable bonds is 6. The van der Waals surface area contributed by atoms with Gasteiger partial charge in [0.05, 0.1) is 5.60 Å². The molecule has 0 aliphatic heterocycles. The molecule has 0 rings (SSSR count). The third kappa shape index (κ3) is 4.04. The Morgan fingerprint density at radius 3 is 2.50 bits per heavy atom. The van der Waals surface area contributed by atoms with Gasteiger partial charge in [-0.1, -0.05) is 6.92 Å². The van der Waals surface area contributed by atoms with Crippen molar-refractivity contribution in [2.24, 2.45) is 5.73 Å². The van der Waals surface area contributed by atoms with E-state index in [0.29, 0.717) is 12.6 Å². The second-order valence-electron chi connectivity index (χ2n) is 3.53. The van der Waals surface area contributed by atoms with Crippen molar-refractivity contribution in [3.05, 3.63) is 0 Å². The lowest BCUT2D eigenvalue weighted by Gasteiger charge is -2.28. The van der Waals surface area contributed by atoms with E-state index in [-0.39, 0.29) is 5.60 Å². The van der Waals surface area contributed by atoms with Crippen LogP contribution < -0.4 is 11.1 Å². The smallest absolute Gasteiger partial charge is 0.0772 e. The summed E-state index contributed by atoms with van der Waals surface area (Å²) < 4.78 is 5.38. The summed E-state index contributed by atoms with van der Waals surface area (Å²) in [6.07, 6.45) is 1.01. The average Bonchev–Trinajstić information content (AvgIpc) is 2.13. The van der Waals surface area contributed by atoms with Gasteiger partial charge in [0.1, 0.15) is 0 Å². The van der Waals surface area contributed by atoms with Crippen molar-refractivity contribution < 1.29 is 4.74 Å². The van der Waals surface area contributed by atoms with Crippen molar-refractivity contribution in [2.45, 2.75) is 38.8 Å². The van der Waals surface area contributed by atoms with Crippen LogP contribution in [0.4, 0.5) is 0 Å². The van der Waals surface area contributed by atoms with Gasteiger partial charge in [-0.25, -0.2) is 0 Å². The third-order valence-electron chi connectivity index (χ3n) is 2.42. The fourth-order valence-corrected chi connectivity index (χ4v) is 0.815. The highest BCUT2D eigenvalue weighted by atomic mass is 16.5. The maximum atomic E-state index is 5.48. The number of methoxy groups -OCH3 is 1. The van der Waals surface area contributed by atoms with Crippen LogP contribution in [0.3, 0.4) is 0 Å². The Kier molecular flexibility index (Phi) is 5.46. The lowest BCUT2D eigenvalue weighted by molar-refractivity contribution is 0.00220. The average molecular weight is 174 g/mol. The highest BCUT2D eigenvalue weighted by Crippen LogP contribution is 2.11. The Balaban J connectivity index is 3.72. The van der Waals surface area contributed by atoms with Gasteiger partial charge in [-0.15, -0.1) is 0 Å². The van der Waals surface area contributed by atoms with Crippen molar-refractivity contribution in [1.29, 1.82) is 0 Å². The zero-order valence-electron chi connectivity index (χ0n) is 8.68. The Bertz CT molecular complexity index is 113. The fourth-order valence-electron chi connectivity index (χ4n) is 0.815. The standard InChI is InChI=1S/C9H22N2O/c1-5-9(3,12-4)7-11-8(2)6-10/h8,11H,5-7,10H2,1-4H3/t8-,9?/m1/s1. The SMILES string of the molecule is CCC(C)(CN[C@H](C)CN)OC. The normalized spacial score (nSPS) is 18.8. The fraction of sp³-hybridized carbons (Fsp3) is 1.00. The first-order chi connectivity index (χ1) is 5.58. The number of hydrogen-bond acceptors (Lipinski definition) is 3. The lowest BCUT2D eigenvalue weighted by atomic mass is 10.0. The number of ether oxygens (including phenoxy) is 1. The van der Waals surface area contributed by atoms with Crippen LogP contribution in [0, 0.1) is 0 Å². The first-order valence-electron chi connectivity index (χ1n) is 4.56. The Labute approximate surface area is 75.7 Å². The van der Waals surface area contributed by atoms with Gasteiger partial charge >= 0.3 is 0 Å². The highest BCUT2D eigenvalue weighted by Gasteiger charge is 2.20. The van der Waals surface area contributed by atoms with Gasteiger partial charge in [-0.2, -0.15) is 0 Å². The molecule has 0 aliphatic rings. The minimum absolute atomic E-state index is 0.0522. The molecule has 3 N–H and O–H groups in total. The minimum atomic E-state index is -0.0522. The lowest BCUT2D eigenvalue weighted by Crippen LogP contribution is -2.44. The summed E-state index contributed by atoms with van der Waals surface area (Å²) in [7, 11) is 1.75. The molecule has 0 aromatic rings. The van der Waals surface area contributed by atoms with Gasteiger partial charge < -0.3 is 15.8 Å². The topological polar surface area (TPSA) is 47.3 Å². The summed E-state index contributed by atoms with van der Waals surface area (Å²) in [5, 5.41) is 3.32. The van der Waals surface area contributed by atoms with E-state index in [9.17, 15) is 0 Å². The Hall–Kier alpha value is -0.120. The molecule has 0 radical (unpaired) electrons. The van der Waals surface area contributed by atoms with Crippen LogP contribution in [0.15, 0.2) is 0 Å². The summed E-state index contributed by atoms with van der Waals surface area (Å²) in [4.78, 5) is 0. The van der Waals surface area contributed by atoms with Gasteiger partial charge in [-0.3, -0.25) is 0 Å². The molecule has 0 aromatic carbocycles. The molecule has 74 valence electrons. The molecular formula is C9H22N2O. The molecule has 0 bridgehead atoms. The molecule has 0 saturated carbocycles. The van der Waals surface area contributed by atoms with Crippen LogP contribution in [0.2, 0.25) is 0 Å². The van der Waals surface area contributed by atoms with E-state index in [1.54, 1.807) is 7.11 Å². The first-order valence-corrected chi connectivity index (χ1v) is 4.56. The van der Waals surface area contributed by atoms with Crippen LogP contribution >= 0.6 is 0 Å². The molecule has 3 nitrogen and oxygen atoms in total. The number of nitrogens with two attached hydrogens (primary N) is 1. The predicted octanol–water partition coefficient (Wildman–Crippen LogP) is 0.738. The predicted molar refractivity (Wildman–Crippen MR) is 52.2 cm³/mol. The van der Waals surface area contributed by atoms with Crippen LogP contribution in [0.25, 0.3) is 0 Å². The number of nitrogens with one attached hydrogen (secondary N) is 1. The maximum Gasteiger partial charge on any atom is 0.0772 e. The molecule has 0 spiro atoms. The number of hydrogen-bond donors (Lipinski definition) is 2. The molecular weight excluding hydrogens is 152 g/mol. The minimum Gasteiger partial charge on any atom is -0.377 e. The third-order valence-corrected chi connectivity index (χ3v) is 2.42. The van der Waals surface area contributed by atoms with Gasteiger partial charge in [0.15, 0.2) is 0 Å². The van der Waals surface area contributed by atoms with Gasteiger partial charge in [-0.05, 0) is 20.3 Å². The van der Waals surface area contributed by atoms with E-state index in [1.807, 2.05) is 0 Å². The highest BCUT2D eigenvalue weighted by molar-refractivity contribution is 4.77. The molecule has 0 saturated heterocycles. The van der Waals surface area contributed by atoms with E-state index in [1.165, 1.54) is 0 Å². The largest absolute Gasteiger partial charge is 0.377 e. The zero-order valence-corrected chi connectivity index (χ0v) is 8.68. The van der Waals surface area contributed by atoms with Gasteiger partial charge in [0.25, 0.3) is 0 Å². The van der Waals surface area contributed by atoms with Crippen molar-refractivity contribution in [3.63, 3.8) is 0 Å². The van der Waals surface area contributed by atoms with Crippen molar-refractivity contribution in [3.8, 4) is 0 Å². The van der Waals surface area contributed by atoms with Gasteiger partial charge in [0.2, 0.25) is 0 Å². The molecule has 0 fully saturated rings. The van der Waals surface area contributed by atoms with Crippen molar-refractivity contribution in [1.82, 2.24) is 5.32 Å². The van der Waals surface area contributed by atoms with Crippen LogP contribution in [0.1, 0.15) is 27.2 Å². The second-order valence-corrected chi connectivity index (χ2v) is 3.53. The second kappa shape index (κ2) is 5.51. The molecule has 1 unspecified atom stereocenters. The van der Waals surface area contributed by atoms with Crippen molar-refractivity contribution >= 4 is 0 Å². The van der Waals surface area contributed by atoms with E-state index in [2.05, 4.69) is 26.1 Å². The molecule has 0 amide bonds. The van der Waals surface area contributed by atoms with Gasteiger partial charge in [0, 0.05) is 26.2 Å². The summed E-state index contributed by atoms with van der Waals surface area (Å²) in [6, 6.07) is 0.367. The summed E-state index contributed by atoms with van der Waals surface area (Å²) in [6.45, 7) is 7.83. The quantitative estimate of drug-likeness (QED) is 0.624. The van der Waals surface area contributed by atoms with E-state index in [0.717, 1.165) is 13.0 Å². The Morgan fingerprint density at radius 2 is 2.17 bits per heavy atom.